The molecular weight excluding hydrogens is 642 g/mol. The van der Waals surface area contributed by atoms with E-state index >= 15 is 4.79 Å². The first-order valence-corrected chi connectivity index (χ1v) is 17.7. The number of hydrogen-bond acceptors (Lipinski definition) is 6. The maximum absolute atomic E-state index is 15.2. The van der Waals surface area contributed by atoms with E-state index in [2.05, 4.69) is 10.6 Å². The quantitative estimate of drug-likeness (QED) is 0.178. The van der Waals surface area contributed by atoms with Gasteiger partial charge in [-0.1, -0.05) is 91.3 Å². The summed E-state index contributed by atoms with van der Waals surface area (Å²) >= 11 is 0. The van der Waals surface area contributed by atoms with E-state index in [4.69, 9.17) is 9.47 Å². The van der Waals surface area contributed by atoms with Gasteiger partial charge in [-0.3, -0.25) is 9.59 Å². The number of nitrogens with one attached hydrogen (secondary N) is 2. The summed E-state index contributed by atoms with van der Waals surface area (Å²) in [5.41, 5.74) is 1.47. The summed E-state index contributed by atoms with van der Waals surface area (Å²) in [6.45, 7) is 20.2. The average Bonchev–Trinajstić information content (AvgIpc) is 3.03. The highest BCUT2D eigenvalue weighted by atomic mass is 16.6. The third-order valence-electron chi connectivity index (χ3n) is 8.55. The number of alkyl carbamates (subject to hydrolysis) is 1. The summed E-state index contributed by atoms with van der Waals surface area (Å²) in [7, 11) is 0. The molecule has 3 aromatic carbocycles. The highest BCUT2D eigenvalue weighted by Gasteiger charge is 2.44. The first-order valence-electron chi connectivity index (χ1n) is 17.7. The van der Waals surface area contributed by atoms with Crippen LogP contribution in [0.5, 0.6) is 0 Å². The lowest BCUT2D eigenvalue weighted by Crippen LogP contribution is -2.61. The van der Waals surface area contributed by atoms with Crippen molar-refractivity contribution in [2.75, 3.05) is 0 Å². The highest BCUT2D eigenvalue weighted by molar-refractivity contribution is 5.94. The van der Waals surface area contributed by atoms with Crippen molar-refractivity contribution in [3.05, 3.63) is 107 Å². The highest BCUT2D eigenvalue weighted by Crippen LogP contribution is 2.35. The van der Waals surface area contributed by atoms with Crippen molar-refractivity contribution in [2.45, 2.75) is 130 Å². The molecule has 0 aliphatic rings. The minimum atomic E-state index is -1.17. The molecule has 0 spiro atoms. The summed E-state index contributed by atoms with van der Waals surface area (Å²) in [4.78, 5) is 58.6. The SMILES string of the molecule is CCC(C)(C)N(C(=O)C(Cc1ccccc1)NC(=O)OC(C)(C)C)C(C(=O)NC(Cc1ccccc1)C(=O)OC(C)(C)C)c1cc(C)ccc1C. The number of carbonyl (C=O) groups is 4. The minimum Gasteiger partial charge on any atom is -0.458 e. The van der Waals surface area contributed by atoms with Gasteiger partial charge < -0.3 is 25.0 Å². The van der Waals surface area contributed by atoms with E-state index in [0.29, 0.717) is 12.0 Å². The zero-order valence-electron chi connectivity index (χ0n) is 32.3. The molecule has 9 nitrogen and oxygen atoms in total. The molecule has 0 aliphatic heterocycles. The Balaban J connectivity index is 2.21. The van der Waals surface area contributed by atoms with Gasteiger partial charge in [-0.05, 0) is 97.9 Å². The molecule has 3 rings (SSSR count). The summed E-state index contributed by atoms with van der Waals surface area (Å²) in [5, 5.41) is 5.83. The van der Waals surface area contributed by atoms with E-state index in [1.54, 1.807) is 46.4 Å². The van der Waals surface area contributed by atoms with Gasteiger partial charge in [0, 0.05) is 18.4 Å². The number of benzene rings is 3. The fourth-order valence-corrected chi connectivity index (χ4v) is 5.73. The van der Waals surface area contributed by atoms with E-state index in [1.165, 1.54) is 0 Å². The fourth-order valence-electron chi connectivity index (χ4n) is 5.73. The van der Waals surface area contributed by atoms with Crippen LogP contribution in [0.4, 0.5) is 4.79 Å². The van der Waals surface area contributed by atoms with E-state index in [9.17, 15) is 14.4 Å². The number of amides is 3. The Bertz CT molecular complexity index is 1640. The molecule has 0 radical (unpaired) electrons. The molecule has 3 atom stereocenters. The molecule has 2 N–H and O–H groups in total. The van der Waals surface area contributed by atoms with E-state index in [0.717, 1.165) is 22.3 Å². The lowest BCUT2D eigenvalue weighted by atomic mass is 9.89. The van der Waals surface area contributed by atoms with Crippen LogP contribution in [0.25, 0.3) is 0 Å². The summed E-state index contributed by atoms with van der Waals surface area (Å²) in [5.74, 6) is -1.59. The largest absolute Gasteiger partial charge is 0.458 e. The van der Waals surface area contributed by atoms with E-state index < -0.39 is 58.7 Å². The topological polar surface area (TPSA) is 114 Å². The Morgan fingerprint density at radius 2 is 1.20 bits per heavy atom. The van der Waals surface area contributed by atoms with Crippen LogP contribution in [-0.4, -0.2) is 57.6 Å². The predicted molar refractivity (Wildman–Crippen MR) is 201 cm³/mol. The van der Waals surface area contributed by atoms with Crippen LogP contribution in [0.1, 0.15) is 103 Å². The van der Waals surface area contributed by atoms with Crippen molar-refractivity contribution in [3.8, 4) is 0 Å². The number of hydrogen-bond donors (Lipinski definition) is 2. The molecule has 0 saturated heterocycles. The molecule has 0 heterocycles. The first kappa shape index (κ1) is 40.8. The van der Waals surface area contributed by atoms with Gasteiger partial charge in [-0.25, -0.2) is 9.59 Å². The molecule has 276 valence electrons. The second-order valence-electron chi connectivity index (χ2n) is 15.8. The van der Waals surface area contributed by atoms with Gasteiger partial charge in [-0.2, -0.15) is 0 Å². The maximum atomic E-state index is 15.2. The van der Waals surface area contributed by atoms with Crippen LogP contribution in [0, 0.1) is 13.8 Å². The Morgan fingerprint density at radius 3 is 1.69 bits per heavy atom. The third kappa shape index (κ3) is 12.3. The van der Waals surface area contributed by atoms with Crippen molar-refractivity contribution in [2.24, 2.45) is 0 Å². The fraction of sp³-hybridized carbons (Fsp3) is 0.476. The molecule has 0 aliphatic carbocycles. The van der Waals surface area contributed by atoms with Crippen LogP contribution < -0.4 is 10.6 Å². The van der Waals surface area contributed by atoms with Gasteiger partial charge in [0.2, 0.25) is 11.8 Å². The maximum Gasteiger partial charge on any atom is 0.408 e. The number of ether oxygens (including phenoxy) is 2. The Labute approximate surface area is 304 Å². The standard InChI is InChI=1S/C42H57N3O6/c1-12-42(10,11)45(37(47)33(26-30-19-15-13-16-20-30)44-39(49)51-41(7,8)9)35(32-25-28(2)23-24-29(32)3)36(46)43-34(38(48)50-40(4,5)6)27-31-21-17-14-18-22-31/h13-25,33-35H,12,26-27H2,1-11H3,(H,43,46)(H,44,49). The molecule has 0 saturated carbocycles. The number of esters is 1. The smallest absolute Gasteiger partial charge is 0.408 e. The molecule has 0 fully saturated rings. The molecule has 3 amide bonds. The Kier molecular flexibility index (Phi) is 13.6. The minimum absolute atomic E-state index is 0.158. The van der Waals surface area contributed by atoms with Gasteiger partial charge in [0.15, 0.2) is 0 Å². The van der Waals surface area contributed by atoms with Crippen molar-refractivity contribution in [1.29, 1.82) is 0 Å². The summed E-state index contributed by atoms with van der Waals surface area (Å²) in [6, 6.07) is 21.3. The summed E-state index contributed by atoms with van der Waals surface area (Å²) < 4.78 is 11.4. The molecule has 9 heteroatoms. The second-order valence-corrected chi connectivity index (χ2v) is 15.8. The van der Waals surface area contributed by atoms with E-state index in [1.807, 2.05) is 113 Å². The average molecular weight is 700 g/mol. The van der Waals surface area contributed by atoms with Crippen LogP contribution in [0.3, 0.4) is 0 Å². The molecule has 3 unspecified atom stereocenters. The Morgan fingerprint density at radius 1 is 0.686 bits per heavy atom. The lowest BCUT2D eigenvalue weighted by Gasteiger charge is -2.45. The third-order valence-corrected chi connectivity index (χ3v) is 8.55. The number of carbonyl (C=O) groups excluding carboxylic acids is 4. The normalized spacial score (nSPS) is 13.7. The second kappa shape index (κ2) is 17.0. The number of nitrogens with zero attached hydrogens (tertiary/aromatic N) is 1. The van der Waals surface area contributed by atoms with Gasteiger partial charge in [0.25, 0.3) is 0 Å². The molecule has 3 aromatic rings. The van der Waals surface area contributed by atoms with Crippen molar-refractivity contribution in [3.63, 3.8) is 0 Å². The van der Waals surface area contributed by atoms with Crippen LogP contribution in [0.2, 0.25) is 0 Å². The Hall–Kier alpha value is -4.66. The van der Waals surface area contributed by atoms with Crippen LogP contribution >= 0.6 is 0 Å². The van der Waals surface area contributed by atoms with E-state index in [-0.39, 0.29) is 12.8 Å². The van der Waals surface area contributed by atoms with Gasteiger partial charge >= 0.3 is 12.1 Å². The monoisotopic (exact) mass is 699 g/mol. The lowest BCUT2D eigenvalue weighted by molar-refractivity contribution is -0.159. The summed E-state index contributed by atoms with van der Waals surface area (Å²) in [6.07, 6.45) is 0.0808. The number of rotatable bonds is 13. The van der Waals surface area contributed by atoms with Crippen molar-refractivity contribution >= 4 is 23.9 Å². The van der Waals surface area contributed by atoms with Gasteiger partial charge in [0.1, 0.15) is 29.3 Å². The van der Waals surface area contributed by atoms with Gasteiger partial charge in [-0.15, -0.1) is 0 Å². The zero-order chi connectivity index (χ0) is 38.1. The number of aryl methyl sites for hydroxylation is 2. The molecule has 0 bridgehead atoms. The zero-order valence-corrected chi connectivity index (χ0v) is 32.3. The van der Waals surface area contributed by atoms with Crippen LogP contribution in [0.15, 0.2) is 78.9 Å². The van der Waals surface area contributed by atoms with Crippen LogP contribution in [-0.2, 0) is 36.7 Å². The first-order chi connectivity index (χ1) is 23.7. The van der Waals surface area contributed by atoms with Crippen molar-refractivity contribution < 1.29 is 28.7 Å². The van der Waals surface area contributed by atoms with Gasteiger partial charge in [0.05, 0.1) is 0 Å². The molecular formula is C42H57N3O6. The molecule has 0 aromatic heterocycles. The molecule has 51 heavy (non-hydrogen) atoms. The van der Waals surface area contributed by atoms with Crippen molar-refractivity contribution in [1.82, 2.24) is 15.5 Å². The predicted octanol–water partition coefficient (Wildman–Crippen LogP) is 7.57.